The van der Waals surface area contributed by atoms with E-state index < -0.39 is 0 Å². The van der Waals surface area contributed by atoms with E-state index in [0.717, 1.165) is 16.7 Å². The quantitative estimate of drug-likeness (QED) is 0.933. The van der Waals surface area contributed by atoms with E-state index in [1.807, 2.05) is 18.2 Å². The third kappa shape index (κ3) is 2.54. The van der Waals surface area contributed by atoms with Crippen LogP contribution in [0.1, 0.15) is 22.9 Å². The first-order chi connectivity index (χ1) is 7.66. The maximum absolute atomic E-state index is 6.16. The van der Waals surface area contributed by atoms with E-state index in [1.165, 1.54) is 11.1 Å². The molecule has 1 aromatic carbocycles. The van der Waals surface area contributed by atoms with Crippen molar-refractivity contribution in [2.24, 2.45) is 5.73 Å². The molecule has 0 amide bonds. The third-order valence-corrected chi connectivity index (χ3v) is 3.13. The normalized spacial score (nSPS) is 12.7. The molecule has 0 aliphatic carbocycles. The lowest BCUT2D eigenvalue weighted by Gasteiger charge is -2.13. The SMILES string of the molecule is Cc1cc(Br)ccc1C(N)Cc1ccco1. The number of benzene rings is 1. The van der Waals surface area contributed by atoms with Gasteiger partial charge in [0.1, 0.15) is 5.76 Å². The van der Waals surface area contributed by atoms with Crippen molar-refractivity contribution in [3.8, 4) is 0 Å². The Hall–Kier alpha value is -1.06. The molecule has 2 nitrogen and oxygen atoms in total. The van der Waals surface area contributed by atoms with Crippen LogP contribution in [0, 0.1) is 6.92 Å². The molecule has 0 bridgehead atoms. The average Bonchev–Trinajstić information content (AvgIpc) is 2.70. The molecule has 1 heterocycles. The Morgan fingerprint density at radius 2 is 2.19 bits per heavy atom. The summed E-state index contributed by atoms with van der Waals surface area (Å²) in [5.74, 6) is 0.926. The Morgan fingerprint density at radius 3 is 2.81 bits per heavy atom. The monoisotopic (exact) mass is 279 g/mol. The molecular weight excluding hydrogens is 266 g/mol. The number of halogens is 1. The van der Waals surface area contributed by atoms with E-state index in [-0.39, 0.29) is 6.04 Å². The second-order valence-electron chi connectivity index (χ2n) is 3.89. The van der Waals surface area contributed by atoms with Crippen molar-refractivity contribution in [3.63, 3.8) is 0 Å². The molecule has 0 aliphatic rings. The molecule has 0 fully saturated rings. The maximum atomic E-state index is 6.16. The lowest BCUT2D eigenvalue weighted by Crippen LogP contribution is -2.14. The molecule has 1 aromatic heterocycles. The Kier molecular flexibility index (Phi) is 3.46. The van der Waals surface area contributed by atoms with Gasteiger partial charge < -0.3 is 10.2 Å². The minimum absolute atomic E-state index is 0.0146. The van der Waals surface area contributed by atoms with Crippen LogP contribution in [0.4, 0.5) is 0 Å². The van der Waals surface area contributed by atoms with Crippen LogP contribution in [0.25, 0.3) is 0 Å². The maximum Gasteiger partial charge on any atom is 0.105 e. The molecule has 3 heteroatoms. The first kappa shape index (κ1) is 11.4. The summed E-state index contributed by atoms with van der Waals surface area (Å²) in [5.41, 5.74) is 8.53. The number of aryl methyl sites for hydroxylation is 1. The van der Waals surface area contributed by atoms with Gasteiger partial charge in [-0.3, -0.25) is 0 Å². The number of furan rings is 1. The molecule has 0 saturated heterocycles. The van der Waals surface area contributed by atoms with Gasteiger partial charge in [0, 0.05) is 16.9 Å². The molecule has 0 spiro atoms. The molecular formula is C13H14BrNO. The summed E-state index contributed by atoms with van der Waals surface area (Å²) in [6.07, 6.45) is 2.41. The fourth-order valence-electron chi connectivity index (χ4n) is 1.81. The Bertz CT molecular complexity index is 465. The van der Waals surface area contributed by atoms with Crippen molar-refractivity contribution < 1.29 is 4.42 Å². The van der Waals surface area contributed by atoms with Gasteiger partial charge in [-0.15, -0.1) is 0 Å². The number of rotatable bonds is 3. The van der Waals surface area contributed by atoms with Gasteiger partial charge in [-0.1, -0.05) is 22.0 Å². The van der Waals surface area contributed by atoms with Crippen LogP contribution in [-0.2, 0) is 6.42 Å². The predicted octanol–water partition coefficient (Wildman–Crippen LogP) is 3.59. The fraction of sp³-hybridized carbons (Fsp3) is 0.231. The van der Waals surface area contributed by atoms with Crippen LogP contribution in [0.15, 0.2) is 45.5 Å². The third-order valence-electron chi connectivity index (χ3n) is 2.63. The zero-order valence-electron chi connectivity index (χ0n) is 9.11. The lowest BCUT2D eigenvalue weighted by molar-refractivity contribution is 0.488. The summed E-state index contributed by atoms with van der Waals surface area (Å²) in [6, 6.07) is 9.98. The van der Waals surface area contributed by atoms with Crippen molar-refractivity contribution in [1.29, 1.82) is 0 Å². The Morgan fingerprint density at radius 1 is 1.38 bits per heavy atom. The van der Waals surface area contributed by atoms with Crippen molar-refractivity contribution in [2.75, 3.05) is 0 Å². The average molecular weight is 280 g/mol. The zero-order chi connectivity index (χ0) is 11.5. The minimum atomic E-state index is -0.0146. The first-order valence-corrected chi connectivity index (χ1v) is 6.00. The van der Waals surface area contributed by atoms with Crippen LogP contribution < -0.4 is 5.73 Å². The summed E-state index contributed by atoms with van der Waals surface area (Å²) >= 11 is 3.45. The Labute approximate surface area is 104 Å². The van der Waals surface area contributed by atoms with E-state index >= 15 is 0 Å². The van der Waals surface area contributed by atoms with Crippen LogP contribution in [0.3, 0.4) is 0 Å². The van der Waals surface area contributed by atoms with E-state index in [4.69, 9.17) is 10.2 Å². The highest BCUT2D eigenvalue weighted by Gasteiger charge is 2.11. The van der Waals surface area contributed by atoms with Crippen molar-refractivity contribution >= 4 is 15.9 Å². The Balaban J connectivity index is 2.17. The number of hydrogen-bond acceptors (Lipinski definition) is 2. The van der Waals surface area contributed by atoms with Crippen LogP contribution in [-0.4, -0.2) is 0 Å². The second-order valence-corrected chi connectivity index (χ2v) is 4.81. The van der Waals surface area contributed by atoms with Crippen LogP contribution in [0.5, 0.6) is 0 Å². The number of nitrogens with two attached hydrogens (primary N) is 1. The van der Waals surface area contributed by atoms with E-state index in [9.17, 15) is 0 Å². The second kappa shape index (κ2) is 4.85. The van der Waals surface area contributed by atoms with E-state index in [1.54, 1.807) is 6.26 Å². The van der Waals surface area contributed by atoms with Gasteiger partial charge in [-0.25, -0.2) is 0 Å². The van der Waals surface area contributed by atoms with Gasteiger partial charge in [0.2, 0.25) is 0 Å². The predicted molar refractivity (Wildman–Crippen MR) is 68.2 cm³/mol. The summed E-state index contributed by atoms with van der Waals surface area (Å²) in [7, 11) is 0. The zero-order valence-corrected chi connectivity index (χ0v) is 10.7. The molecule has 2 rings (SSSR count). The number of hydrogen-bond donors (Lipinski definition) is 1. The van der Waals surface area contributed by atoms with Gasteiger partial charge in [0.15, 0.2) is 0 Å². The van der Waals surface area contributed by atoms with Crippen molar-refractivity contribution in [2.45, 2.75) is 19.4 Å². The lowest BCUT2D eigenvalue weighted by atomic mass is 9.99. The largest absolute Gasteiger partial charge is 0.469 e. The fourth-order valence-corrected chi connectivity index (χ4v) is 2.29. The van der Waals surface area contributed by atoms with Gasteiger partial charge in [0.25, 0.3) is 0 Å². The molecule has 1 atom stereocenters. The van der Waals surface area contributed by atoms with Gasteiger partial charge in [-0.05, 0) is 42.3 Å². The first-order valence-electron chi connectivity index (χ1n) is 5.21. The molecule has 0 aliphatic heterocycles. The topological polar surface area (TPSA) is 39.2 Å². The molecule has 2 aromatic rings. The summed E-state index contributed by atoms with van der Waals surface area (Å²) in [4.78, 5) is 0. The van der Waals surface area contributed by atoms with E-state index in [2.05, 4.69) is 35.0 Å². The molecule has 2 N–H and O–H groups in total. The summed E-state index contributed by atoms with van der Waals surface area (Å²) < 4.78 is 6.38. The van der Waals surface area contributed by atoms with Gasteiger partial charge >= 0.3 is 0 Å². The molecule has 0 radical (unpaired) electrons. The van der Waals surface area contributed by atoms with Crippen LogP contribution >= 0.6 is 15.9 Å². The molecule has 84 valence electrons. The molecule has 0 saturated carbocycles. The summed E-state index contributed by atoms with van der Waals surface area (Å²) in [6.45, 7) is 2.07. The van der Waals surface area contributed by atoms with Crippen molar-refractivity contribution in [1.82, 2.24) is 0 Å². The molecule has 1 unspecified atom stereocenters. The highest BCUT2D eigenvalue weighted by atomic mass is 79.9. The standard InChI is InChI=1S/C13H14BrNO/c1-9-7-10(14)4-5-12(9)13(15)8-11-3-2-6-16-11/h2-7,13H,8,15H2,1H3. The van der Waals surface area contributed by atoms with Crippen LogP contribution in [0.2, 0.25) is 0 Å². The highest BCUT2D eigenvalue weighted by molar-refractivity contribution is 9.10. The minimum Gasteiger partial charge on any atom is -0.469 e. The van der Waals surface area contributed by atoms with Gasteiger partial charge in [-0.2, -0.15) is 0 Å². The highest BCUT2D eigenvalue weighted by Crippen LogP contribution is 2.23. The smallest absolute Gasteiger partial charge is 0.105 e. The molecule has 16 heavy (non-hydrogen) atoms. The summed E-state index contributed by atoms with van der Waals surface area (Å²) in [5, 5.41) is 0. The van der Waals surface area contributed by atoms with Crippen molar-refractivity contribution in [3.05, 3.63) is 58.0 Å². The van der Waals surface area contributed by atoms with Gasteiger partial charge in [0.05, 0.1) is 6.26 Å². The van der Waals surface area contributed by atoms with E-state index in [0.29, 0.717) is 0 Å².